The van der Waals surface area contributed by atoms with Crippen molar-refractivity contribution in [1.82, 2.24) is 10.6 Å². The summed E-state index contributed by atoms with van der Waals surface area (Å²) in [5.41, 5.74) is 5.35. The molecular formula is C10H20N4O2. The van der Waals surface area contributed by atoms with Crippen LogP contribution in [0.15, 0.2) is 5.16 Å². The van der Waals surface area contributed by atoms with E-state index in [4.69, 9.17) is 10.9 Å². The van der Waals surface area contributed by atoms with E-state index in [1.54, 1.807) is 0 Å². The normalized spacial score (nSPS) is 21.9. The fourth-order valence-corrected chi connectivity index (χ4v) is 1.69. The molecule has 1 amide bonds. The number of unbranched alkanes of at least 4 members (excludes halogenated alkanes) is 1. The summed E-state index contributed by atoms with van der Waals surface area (Å²) in [5.74, 6) is 0.426. The molecule has 1 aliphatic rings. The van der Waals surface area contributed by atoms with Gasteiger partial charge in [0.05, 0.1) is 0 Å². The third-order valence-corrected chi connectivity index (χ3v) is 2.69. The molecule has 1 aliphatic heterocycles. The minimum Gasteiger partial charge on any atom is -0.409 e. The highest BCUT2D eigenvalue weighted by Gasteiger charge is 2.16. The summed E-state index contributed by atoms with van der Waals surface area (Å²) in [5, 5.41) is 17.4. The Bertz CT molecular complexity index is 245. The van der Waals surface area contributed by atoms with Crippen molar-refractivity contribution in [3.05, 3.63) is 0 Å². The fraction of sp³-hybridized carbons (Fsp3) is 0.800. The number of oxime groups is 1. The first kappa shape index (κ1) is 12.8. The second-order valence-corrected chi connectivity index (χ2v) is 4.04. The molecule has 0 saturated carbocycles. The number of hydrogen-bond acceptors (Lipinski definition) is 4. The first-order valence-corrected chi connectivity index (χ1v) is 5.69. The molecule has 0 aliphatic carbocycles. The van der Waals surface area contributed by atoms with E-state index in [1.165, 1.54) is 0 Å². The smallest absolute Gasteiger partial charge is 0.220 e. The summed E-state index contributed by atoms with van der Waals surface area (Å²) < 4.78 is 0. The van der Waals surface area contributed by atoms with Crippen LogP contribution < -0.4 is 16.4 Å². The highest BCUT2D eigenvalue weighted by Crippen LogP contribution is 2.03. The molecule has 5 N–H and O–H groups in total. The van der Waals surface area contributed by atoms with Crippen molar-refractivity contribution in [2.75, 3.05) is 13.1 Å². The van der Waals surface area contributed by atoms with Gasteiger partial charge in [0.2, 0.25) is 5.91 Å². The summed E-state index contributed by atoms with van der Waals surface area (Å²) >= 11 is 0. The number of amidine groups is 1. The predicted octanol–water partition coefficient (Wildman–Crippen LogP) is -0.229. The molecule has 0 aromatic heterocycles. The Morgan fingerprint density at radius 1 is 1.62 bits per heavy atom. The summed E-state index contributed by atoms with van der Waals surface area (Å²) in [6.07, 6.45) is 4.04. The Hall–Kier alpha value is -1.30. The van der Waals surface area contributed by atoms with E-state index in [0.717, 1.165) is 32.4 Å². The van der Waals surface area contributed by atoms with Crippen molar-refractivity contribution in [3.63, 3.8) is 0 Å². The van der Waals surface area contributed by atoms with Crippen molar-refractivity contribution in [1.29, 1.82) is 0 Å². The van der Waals surface area contributed by atoms with E-state index in [0.29, 0.717) is 18.9 Å². The van der Waals surface area contributed by atoms with E-state index < -0.39 is 0 Å². The zero-order chi connectivity index (χ0) is 11.8. The van der Waals surface area contributed by atoms with Crippen LogP contribution in [0.25, 0.3) is 0 Å². The molecule has 1 fully saturated rings. The van der Waals surface area contributed by atoms with Crippen LogP contribution in [0.3, 0.4) is 0 Å². The summed E-state index contributed by atoms with van der Waals surface area (Å²) in [6, 6.07) is 0.390. The largest absolute Gasteiger partial charge is 0.409 e. The number of nitrogens with zero attached hydrogens (tertiary/aromatic N) is 1. The average molecular weight is 228 g/mol. The van der Waals surface area contributed by atoms with Crippen LogP contribution in [0, 0.1) is 0 Å². The van der Waals surface area contributed by atoms with Gasteiger partial charge < -0.3 is 21.6 Å². The zero-order valence-corrected chi connectivity index (χ0v) is 9.41. The van der Waals surface area contributed by atoms with E-state index in [1.807, 2.05) is 0 Å². The lowest BCUT2D eigenvalue weighted by Crippen LogP contribution is -2.45. The predicted molar refractivity (Wildman–Crippen MR) is 61.3 cm³/mol. The minimum atomic E-state index is 0.144. The van der Waals surface area contributed by atoms with Crippen LogP contribution in [0.2, 0.25) is 0 Å². The Kier molecular flexibility index (Phi) is 5.63. The zero-order valence-electron chi connectivity index (χ0n) is 9.41. The van der Waals surface area contributed by atoms with Crippen molar-refractivity contribution in [3.8, 4) is 0 Å². The third-order valence-electron chi connectivity index (χ3n) is 2.69. The number of amides is 1. The molecule has 0 aromatic carbocycles. The molecule has 1 rings (SSSR count). The van der Waals surface area contributed by atoms with Gasteiger partial charge in [0, 0.05) is 25.4 Å². The Morgan fingerprint density at radius 3 is 3.06 bits per heavy atom. The van der Waals surface area contributed by atoms with Gasteiger partial charge in [-0.2, -0.15) is 0 Å². The van der Waals surface area contributed by atoms with Gasteiger partial charge in [-0.3, -0.25) is 4.79 Å². The molecule has 6 nitrogen and oxygen atoms in total. The van der Waals surface area contributed by atoms with E-state index in [9.17, 15) is 4.79 Å². The van der Waals surface area contributed by atoms with Gasteiger partial charge in [-0.25, -0.2) is 0 Å². The molecule has 1 saturated heterocycles. The topological polar surface area (TPSA) is 99.7 Å². The van der Waals surface area contributed by atoms with Gasteiger partial charge in [-0.05, 0) is 25.8 Å². The van der Waals surface area contributed by atoms with E-state index in [-0.39, 0.29) is 11.7 Å². The molecule has 0 radical (unpaired) electrons. The maximum absolute atomic E-state index is 10.9. The average Bonchev–Trinajstić information content (AvgIpc) is 2.31. The number of nitrogens with two attached hydrogens (primary N) is 1. The Balaban J connectivity index is 1.97. The van der Waals surface area contributed by atoms with Crippen molar-refractivity contribution in [2.45, 2.75) is 38.1 Å². The lowest BCUT2D eigenvalue weighted by atomic mass is 10.1. The first-order chi connectivity index (χ1) is 7.72. The van der Waals surface area contributed by atoms with Crippen molar-refractivity contribution < 1.29 is 10.0 Å². The van der Waals surface area contributed by atoms with Gasteiger partial charge >= 0.3 is 0 Å². The van der Waals surface area contributed by atoms with Crippen molar-refractivity contribution >= 4 is 11.7 Å². The molecule has 0 bridgehead atoms. The molecular weight excluding hydrogens is 208 g/mol. The van der Waals surface area contributed by atoms with E-state index in [2.05, 4.69) is 15.8 Å². The number of carbonyl (C=O) groups is 1. The molecule has 0 spiro atoms. The molecule has 1 atom stereocenters. The quantitative estimate of drug-likeness (QED) is 0.166. The van der Waals surface area contributed by atoms with Crippen LogP contribution in [-0.4, -0.2) is 36.1 Å². The molecule has 6 heteroatoms. The van der Waals surface area contributed by atoms with Crippen LogP contribution in [0.4, 0.5) is 0 Å². The first-order valence-electron chi connectivity index (χ1n) is 5.69. The number of carbonyl (C=O) groups excluding carboxylic acids is 1. The maximum Gasteiger partial charge on any atom is 0.220 e. The standard InChI is InChI=1S/C10H20N4O2/c11-9(14-16)3-1-2-6-12-8-4-5-10(15)13-7-8/h8,12,16H,1-7H2,(H2,11,14)(H,13,15). The van der Waals surface area contributed by atoms with Gasteiger partial charge in [0.25, 0.3) is 0 Å². The second-order valence-electron chi connectivity index (χ2n) is 4.04. The summed E-state index contributed by atoms with van der Waals surface area (Å²) in [4.78, 5) is 10.9. The fourth-order valence-electron chi connectivity index (χ4n) is 1.69. The van der Waals surface area contributed by atoms with Crippen molar-refractivity contribution in [2.24, 2.45) is 10.9 Å². The number of rotatable bonds is 6. The SMILES string of the molecule is NC(CCCCNC1CCC(=O)NC1)=NO. The summed E-state index contributed by atoms with van der Waals surface area (Å²) in [7, 11) is 0. The van der Waals surface area contributed by atoms with Crippen LogP contribution in [-0.2, 0) is 4.79 Å². The lowest BCUT2D eigenvalue weighted by Gasteiger charge is -2.23. The molecule has 16 heavy (non-hydrogen) atoms. The third kappa shape index (κ3) is 4.97. The summed E-state index contributed by atoms with van der Waals surface area (Å²) in [6.45, 7) is 1.62. The minimum absolute atomic E-state index is 0.144. The molecule has 92 valence electrons. The maximum atomic E-state index is 10.9. The molecule has 1 unspecified atom stereocenters. The van der Waals surface area contributed by atoms with Gasteiger partial charge in [-0.15, -0.1) is 0 Å². The monoisotopic (exact) mass is 228 g/mol. The second kappa shape index (κ2) is 7.05. The number of piperidine rings is 1. The molecule has 1 heterocycles. The lowest BCUT2D eigenvalue weighted by molar-refractivity contribution is -0.122. The van der Waals surface area contributed by atoms with Crippen LogP contribution >= 0.6 is 0 Å². The van der Waals surface area contributed by atoms with E-state index >= 15 is 0 Å². The highest BCUT2D eigenvalue weighted by atomic mass is 16.4. The highest BCUT2D eigenvalue weighted by molar-refractivity contribution is 5.79. The van der Waals surface area contributed by atoms with Gasteiger partial charge in [-0.1, -0.05) is 5.16 Å². The Morgan fingerprint density at radius 2 is 2.44 bits per heavy atom. The van der Waals surface area contributed by atoms with Crippen LogP contribution in [0.5, 0.6) is 0 Å². The number of nitrogens with one attached hydrogen (secondary N) is 2. The van der Waals surface area contributed by atoms with Gasteiger partial charge in [0.1, 0.15) is 5.84 Å². The van der Waals surface area contributed by atoms with Gasteiger partial charge in [0.15, 0.2) is 0 Å². The molecule has 0 aromatic rings. The van der Waals surface area contributed by atoms with Crippen LogP contribution in [0.1, 0.15) is 32.1 Å². The number of hydrogen-bond donors (Lipinski definition) is 4. The Labute approximate surface area is 95.3 Å².